The van der Waals surface area contributed by atoms with Crippen LogP contribution < -0.4 is 5.73 Å². The molecular weight excluding hydrogens is 266 g/mol. The standard InChI is InChI=1S/C11H19N5O2S/c1-2-3-8-6-18-5-4-16(8)9(17)7-19-11-13-10(12)14-15-11/h8H,2-7H2,1H3,(H3,12,13,14,15)/t8-/m1/s1. The van der Waals surface area contributed by atoms with Crippen LogP contribution >= 0.6 is 11.8 Å². The van der Waals surface area contributed by atoms with E-state index in [4.69, 9.17) is 10.5 Å². The number of nitrogens with two attached hydrogens (primary N) is 1. The maximum absolute atomic E-state index is 12.2. The van der Waals surface area contributed by atoms with Gasteiger partial charge in [0.05, 0.1) is 25.0 Å². The normalized spacial score (nSPS) is 19.6. The van der Waals surface area contributed by atoms with Crippen molar-refractivity contribution in [2.75, 3.05) is 31.2 Å². The highest BCUT2D eigenvalue weighted by molar-refractivity contribution is 7.99. The smallest absolute Gasteiger partial charge is 0.233 e. The number of H-pyrrole nitrogens is 1. The molecule has 1 aromatic heterocycles. The number of morpholine rings is 1. The average Bonchev–Trinajstić information content (AvgIpc) is 2.83. The summed E-state index contributed by atoms with van der Waals surface area (Å²) in [7, 11) is 0. The molecule has 0 saturated carbocycles. The summed E-state index contributed by atoms with van der Waals surface area (Å²) >= 11 is 1.30. The number of hydrogen-bond acceptors (Lipinski definition) is 6. The number of rotatable bonds is 5. The third-order valence-corrected chi connectivity index (χ3v) is 3.81. The molecule has 7 nitrogen and oxygen atoms in total. The van der Waals surface area contributed by atoms with E-state index >= 15 is 0 Å². The van der Waals surface area contributed by atoms with Crippen LogP contribution in [0.3, 0.4) is 0 Å². The van der Waals surface area contributed by atoms with E-state index in [1.54, 1.807) is 0 Å². The summed E-state index contributed by atoms with van der Waals surface area (Å²) in [6.45, 7) is 4.03. The molecular formula is C11H19N5O2S. The lowest BCUT2D eigenvalue weighted by Crippen LogP contribution is -2.49. The Kier molecular flexibility index (Phi) is 5.03. The Labute approximate surface area is 116 Å². The number of thioether (sulfide) groups is 1. The Bertz CT molecular complexity index is 423. The highest BCUT2D eigenvalue weighted by atomic mass is 32.2. The van der Waals surface area contributed by atoms with Gasteiger partial charge in [-0.15, -0.1) is 5.10 Å². The van der Waals surface area contributed by atoms with Crippen LogP contribution in [-0.2, 0) is 9.53 Å². The number of nitrogens with zero attached hydrogens (tertiary/aromatic N) is 3. The molecule has 0 spiro atoms. The van der Waals surface area contributed by atoms with Crippen LogP contribution in [0, 0.1) is 0 Å². The predicted molar refractivity (Wildman–Crippen MR) is 72.7 cm³/mol. The number of nitrogens with one attached hydrogen (secondary N) is 1. The van der Waals surface area contributed by atoms with E-state index in [2.05, 4.69) is 22.1 Å². The van der Waals surface area contributed by atoms with Gasteiger partial charge >= 0.3 is 0 Å². The number of ether oxygens (including phenoxy) is 1. The minimum Gasteiger partial charge on any atom is -0.377 e. The van der Waals surface area contributed by atoms with E-state index in [1.807, 2.05) is 4.90 Å². The van der Waals surface area contributed by atoms with Gasteiger partial charge in [0.15, 0.2) is 0 Å². The second-order valence-corrected chi connectivity index (χ2v) is 5.34. The first kappa shape index (κ1) is 14.1. The van der Waals surface area contributed by atoms with Gasteiger partial charge in [0.1, 0.15) is 0 Å². The second kappa shape index (κ2) is 6.76. The highest BCUT2D eigenvalue weighted by Gasteiger charge is 2.26. The first-order chi connectivity index (χ1) is 9.20. The molecule has 1 amide bonds. The number of nitrogen functional groups attached to an aromatic ring is 1. The third-order valence-electron chi connectivity index (χ3n) is 2.98. The molecule has 2 rings (SSSR count). The summed E-state index contributed by atoms with van der Waals surface area (Å²) in [5.41, 5.74) is 5.44. The van der Waals surface area contributed by atoms with Crippen LogP contribution in [-0.4, -0.2) is 57.5 Å². The van der Waals surface area contributed by atoms with Crippen LogP contribution in [0.5, 0.6) is 0 Å². The molecule has 0 unspecified atom stereocenters. The van der Waals surface area contributed by atoms with E-state index in [0.29, 0.717) is 30.7 Å². The summed E-state index contributed by atoms with van der Waals surface area (Å²) in [5, 5.41) is 6.95. The number of carbonyl (C=O) groups excluding carboxylic acids is 1. The number of aromatic amines is 1. The third kappa shape index (κ3) is 3.84. The molecule has 3 N–H and O–H groups in total. The van der Waals surface area contributed by atoms with Crippen molar-refractivity contribution in [3.63, 3.8) is 0 Å². The van der Waals surface area contributed by atoms with Crippen LogP contribution in [0.4, 0.5) is 5.95 Å². The van der Waals surface area contributed by atoms with E-state index in [0.717, 1.165) is 12.8 Å². The van der Waals surface area contributed by atoms with Crippen LogP contribution in [0.15, 0.2) is 5.16 Å². The number of amides is 1. The zero-order valence-electron chi connectivity index (χ0n) is 11.0. The topological polar surface area (TPSA) is 97.1 Å². The summed E-state index contributed by atoms with van der Waals surface area (Å²) in [6.07, 6.45) is 2.02. The van der Waals surface area contributed by atoms with Crippen LogP contribution in [0.1, 0.15) is 19.8 Å². The minimum atomic E-state index is 0.107. The molecule has 106 valence electrons. The van der Waals surface area contributed by atoms with Crippen molar-refractivity contribution in [1.29, 1.82) is 0 Å². The van der Waals surface area contributed by atoms with Crippen LogP contribution in [0.2, 0.25) is 0 Å². The molecule has 1 fully saturated rings. The Morgan fingerprint density at radius 1 is 1.68 bits per heavy atom. The molecule has 1 aliphatic rings. The van der Waals surface area contributed by atoms with Crippen molar-refractivity contribution in [1.82, 2.24) is 20.1 Å². The monoisotopic (exact) mass is 285 g/mol. The SMILES string of the molecule is CCC[C@@H]1COCCN1C(=O)CSc1n[nH]c(N)n1. The number of carbonyl (C=O) groups is 1. The lowest BCUT2D eigenvalue weighted by molar-refractivity contribution is -0.137. The molecule has 0 radical (unpaired) electrons. The Morgan fingerprint density at radius 3 is 3.21 bits per heavy atom. The van der Waals surface area contributed by atoms with E-state index in [9.17, 15) is 4.79 Å². The van der Waals surface area contributed by atoms with Crippen molar-refractivity contribution < 1.29 is 9.53 Å². The molecule has 1 saturated heterocycles. The lowest BCUT2D eigenvalue weighted by Gasteiger charge is -2.35. The number of aromatic nitrogens is 3. The van der Waals surface area contributed by atoms with E-state index in [1.165, 1.54) is 11.8 Å². The minimum absolute atomic E-state index is 0.107. The maximum Gasteiger partial charge on any atom is 0.233 e. The fourth-order valence-corrected chi connectivity index (χ4v) is 2.78. The lowest BCUT2D eigenvalue weighted by atomic mass is 10.1. The summed E-state index contributed by atoms with van der Waals surface area (Å²) in [6, 6.07) is 0.198. The Hall–Kier alpha value is -1.28. The molecule has 19 heavy (non-hydrogen) atoms. The molecule has 8 heteroatoms. The fourth-order valence-electron chi connectivity index (χ4n) is 2.09. The average molecular weight is 285 g/mol. The summed E-state index contributed by atoms with van der Waals surface area (Å²) in [4.78, 5) is 18.1. The molecule has 1 aliphatic heterocycles. The molecule has 2 heterocycles. The van der Waals surface area contributed by atoms with Crippen molar-refractivity contribution in [3.8, 4) is 0 Å². The van der Waals surface area contributed by atoms with Gasteiger partial charge in [0.25, 0.3) is 0 Å². The predicted octanol–water partition coefficient (Wildman–Crippen LogP) is 0.507. The van der Waals surface area contributed by atoms with Gasteiger partial charge in [-0.3, -0.25) is 4.79 Å². The zero-order chi connectivity index (χ0) is 13.7. The van der Waals surface area contributed by atoms with Crippen molar-refractivity contribution in [2.24, 2.45) is 0 Å². The van der Waals surface area contributed by atoms with E-state index < -0.39 is 0 Å². The van der Waals surface area contributed by atoms with Gasteiger partial charge in [0.2, 0.25) is 17.0 Å². The second-order valence-electron chi connectivity index (χ2n) is 4.40. The largest absolute Gasteiger partial charge is 0.377 e. The van der Waals surface area contributed by atoms with Gasteiger partial charge < -0.3 is 15.4 Å². The summed E-state index contributed by atoms with van der Waals surface area (Å²) < 4.78 is 5.43. The van der Waals surface area contributed by atoms with Gasteiger partial charge in [-0.2, -0.15) is 4.98 Å². The molecule has 1 aromatic rings. The first-order valence-corrected chi connectivity index (χ1v) is 7.37. The molecule has 1 atom stereocenters. The van der Waals surface area contributed by atoms with E-state index in [-0.39, 0.29) is 17.9 Å². The Balaban J connectivity index is 1.86. The van der Waals surface area contributed by atoms with Crippen LogP contribution in [0.25, 0.3) is 0 Å². The Morgan fingerprint density at radius 2 is 2.53 bits per heavy atom. The van der Waals surface area contributed by atoms with Crippen molar-refractivity contribution in [2.45, 2.75) is 31.0 Å². The number of anilines is 1. The molecule has 0 aliphatic carbocycles. The van der Waals surface area contributed by atoms with Gasteiger partial charge in [-0.25, -0.2) is 5.10 Å². The van der Waals surface area contributed by atoms with Crippen molar-refractivity contribution >= 4 is 23.6 Å². The first-order valence-electron chi connectivity index (χ1n) is 6.38. The summed E-state index contributed by atoms with van der Waals surface area (Å²) in [5.74, 6) is 0.706. The van der Waals surface area contributed by atoms with Gasteiger partial charge in [-0.05, 0) is 6.42 Å². The fraction of sp³-hybridized carbons (Fsp3) is 0.727. The molecule has 0 aromatic carbocycles. The van der Waals surface area contributed by atoms with Crippen molar-refractivity contribution in [3.05, 3.63) is 0 Å². The number of hydrogen-bond donors (Lipinski definition) is 2. The van der Waals surface area contributed by atoms with Gasteiger partial charge in [-0.1, -0.05) is 25.1 Å². The maximum atomic E-state index is 12.2. The quantitative estimate of drug-likeness (QED) is 0.765. The zero-order valence-corrected chi connectivity index (χ0v) is 11.8. The highest BCUT2D eigenvalue weighted by Crippen LogP contribution is 2.17. The molecule has 0 bridgehead atoms. The van der Waals surface area contributed by atoms with Gasteiger partial charge in [0, 0.05) is 6.54 Å².